The van der Waals surface area contributed by atoms with E-state index in [0.717, 1.165) is 24.0 Å². The molecule has 32 heavy (non-hydrogen) atoms. The average molecular weight is 452 g/mol. The molecule has 0 radical (unpaired) electrons. The maximum absolute atomic E-state index is 12.7. The first-order valence-electron chi connectivity index (χ1n) is 9.44. The molecule has 11 heteroatoms. The molecule has 0 unspecified atom stereocenters. The summed E-state index contributed by atoms with van der Waals surface area (Å²) in [7, 11) is 2.39. The summed E-state index contributed by atoms with van der Waals surface area (Å²) >= 11 is 0. The van der Waals surface area contributed by atoms with E-state index in [2.05, 4.69) is 9.97 Å². The van der Waals surface area contributed by atoms with Crippen LogP contribution in [0.15, 0.2) is 53.3 Å². The van der Waals surface area contributed by atoms with Gasteiger partial charge in [-0.25, -0.2) is 9.78 Å². The number of benzene rings is 1. The number of fused-ring (bicyclic) bond motifs is 1. The SMILES string of the molecule is CF.CN1CCn2c1cc(OCc1ccc(Oc3cccc(C(F)(F)F)n3)cc1)nc2=O. The number of pyridine rings is 1. The first-order valence-corrected chi connectivity index (χ1v) is 9.44. The van der Waals surface area contributed by atoms with Gasteiger partial charge in [0, 0.05) is 32.3 Å². The van der Waals surface area contributed by atoms with Gasteiger partial charge in [-0.15, -0.1) is 0 Å². The van der Waals surface area contributed by atoms with Crippen LogP contribution in [0.4, 0.5) is 23.4 Å². The number of halogens is 4. The van der Waals surface area contributed by atoms with Crippen molar-refractivity contribution in [2.45, 2.75) is 19.3 Å². The van der Waals surface area contributed by atoms with E-state index in [-0.39, 0.29) is 24.1 Å². The lowest BCUT2D eigenvalue weighted by atomic mass is 10.2. The lowest BCUT2D eigenvalue weighted by molar-refractivity contribution is -0.141. The second kappa shape index (κ2) is 9.67. The monoisotopic (exact) mass is 452 g/mol. The van der Waals surface area contributed by atoms with Crippen molar-refractivity contribution in [2.75, 3.05) is 25.7 Å². The summed E-state index contributed by atoms with van der Waals surface area (Å²) in [6, 6.07) is 11.8. The lowest BCUT2D eigenvalue weighted by Gasteiger charge is -2.12. The summed E-state index contributed by atoms with van der Waals surface area (Å²) in [4.78, 5) is 21.4. The molecule has 0 fully saturated rings. The van der Waals surface area contributed by atoms with Gasteiger partial charge in [0.05, 0.1) is 7.18 Å². The quantitative estimate of drug-likeness (QED) is 0.544. The van der Waals surface area contributed by atoms with E-state index in [0.29, 0.717) is 19.5 Å². The van der Waals surface area contributed by atoms with E-state index >= 15 is 0 Å². The second-order valence-electron chi connectivity index (χ2n) is 6.70. The van der Waals surface area contributed by atoms with Gasteiger partial charge in [0.25, 0.3) is 0 Å². The molecule has 3 heterocycles. The van der Waals surface area contributed by atoms with Crippen LogP contribution in [0.5, 0.6) is 17.5 Å². The van der Waals surface area contributed by atoms with Crippen LogP contribution in [0.25, 0.3) is 0 Å². The van der Waals surface area contributed by atoms with Crippen LogP contribution < -0.4 is 20.1 Å². The standard InChI is InChI=1S/C20H17F3N4O3.CH3F/c1-26-9-10-27-18(26)11-17(25-19(27)28)29-12-13-5-7-14(8-6-13)30-16-4-2-3-15(24-16)20(21,22)23;1-2/h2-8,11H,9-10,12H2,1H3;1H3. The zero-order valence-corrected chi connectivity index (χ0v) is 17.3. The highest BCUT2D eigenvalue weighted by atomic mass is 19.4. The maximum Gasteiger partial charge on any atom is 0.433 e. The number of anilines is 1. The van der Waals surface area contributed by atoms with E-state index in [1.807, 2.05) is 11.9 Å². The number of alkyl halides is 4. The third kappa shape index (κ3) is 5.34. The van der Waals surface area contributed by atoms with Crippen molar-refractivity contribution in [3.8, 4) is 17.5 Å². The van der Waals surface area contributed by atoms with Crippen LogP contribution >= 0.6 is 0 Å². The highest BCUT2D eigenvalue weighted by Gasteiger charge is 2.32. The molecular formula is C21H20F4N4O3. The van der Waals surface area contributed by atoms with E-state index in [9.17, 15) is 22.4 Å². The number of ether oxygens (including phenoxy) is 2. The summed E-state index contributed by atoms with van der Waals surface area (Å²) in [5.74, 6) is 1.16. The van der Waals surface area contributed by atoms with Gasteiger partial charge in [-0.3, -0.25) is 8.96 Å². The highest BCUT2D eigenvalue weighted by Crippen LogP contribution is 2.30. The first kappa shape index (κ1) is 23.0. The fourth-order valence-corrected chi connectivity index (χ4v) is 3.00. The van der Waals surface area contributed by atoms with Crippen LogP contribution in [-0.2, 0) is 19.3 Å². The van der Waals surface area contributed by atoms with E-state index < -0.39 is 11.9 Å². The molecule has 0 spiro atoms. The van der Waals surface area contributed by atoms with Gasteiger partial charge in [0.1, 0.15) is 23.9 Å². The Bertz CT molecular complexity index is 1120. The molecule has 0 saturated carbocycles. The van der Waals surface area contributed by atoms with Gasteiger partial charge >= 0.3 is 11.9 Å². The molecule has 1 aliphatic heterocycles. The Morgan fingerprint density at radius 1 is 1.00 bits per heavy atom. The average Bonchev–Trinajstić information content (AvgIpc) is 3.16. The summed E-state index contributed by atoms with van der Waals surface area (Å²) in [6.07, 6.45) is -4.54. The molecule has 0 saturated heterocycles. The number of aromatic nitrogens is 3. The third-order valence-corrected chi connectivity index (χ3v) is 4.56. The van der Waals surface area contributed by atoms with Crippen molar-refractivity contribution in [1.82, 2.24) is 14.5 Å². The molecule has 0 atom stereocenters. The molecule has 1 aromatic carbocycles. The molecule has 0 amide bonds. The van der Waals surface area contributed by atoms with Gasteiger partial charge in [-0.1, -0.05) is 18.2 Å². The molecule has 0 bridgehead atoms. The summed E-state index contributed by atoms with van der Waals surface area (Å²) in [6.45, 7) is 1.50. The topological polar surface area (TPSA) is 69.5 Å². The number of hydrogen-bond acceptors (Lipinski definition) is 6. The predicted octanol–water partition coefficient (Wildman–Crippen LogP) is 4.06. The molecule has 1 aliphatic rings. The van der Waals surface area contributed by atoms with E-state index in [4.69, 9.17) is 9.47 Å². The smallest absolute Gasteiger partial charge is 0.433 e. The number of likely N-dealkylation sites (N-methyl/N-ethyl adjacent to an activating group) is 1. The lowest BCUT2D eigenvalue weighted by Crippen LogP contribution is -2.22. The Morgan fingerprint density at radius 2 is 1.72 bits per heavy atom. The molecule has 0 aliphatic carbocycles. The van der Waals surface area contributed by atoms with Crippen LogP contribution in [0, 0.1) is 0 Å². The fourth-order valence-electron chi connectivity index (χ4n) is 3.00. The minimum atomic E-state index is -4.54. The number of nitrogens with zero attached hydrogens (tertiary/aromatic N) is 4. The molecular weight excluding hydrogens is 432 g/mol. The van der Waals surface area contributed by atoms with E-state index in [1.165, 1.54) is 12.1 Å². The number of hydrogen-bond donors (Lipinski definition) is 0. The maximum atomic E-state index is 12.7. The zero-order valence-electron chi connectivity index (χ0n) is 17.3. The molecule has 0 N–H and O–H groups in total. The Morgan fingerprint density at radius 3 is 2.41 bits per heavy atom. The minimum Gasteiger partial charge on any atom is -0.473 e. The first-order chi connectivity index (χ1) is 15.3. The Kier molecular flexibility index (Phi) is 6.96. The fraction of sp³-hybridized carbons (Fsp3) is 0.286. The van der Waals surface area contributed by atoms with Gasteiger partial charge < -0.3 is 14.4 Å². The van der Waals surface area contributed by atoms with Gasteiger partial charge in [0.15, 0.2) is 0 Å². The third-order valence-electron chi connectivity index (χ3n) is 4.56. The Labute approximate surface area is 180 Å². The predicted molar refractivity (Wildman–Crippen MR) is 109 cm³/mol. The van der Waals surface area contributed by atoms with Crippen molar-refractivity contribution in [3.05, 3.63) is 70.3 Å². The van der Waals surface area contributed by atoms with Crippen LogP contribution in [0.2, 0.25) is 0 Å². The molecule has 4 rings (SSSR count). The zero-order chi connectivity index (χ0) is 23.3. The van der Waals surface area contributed by atoms with Crippen molar-refractivity contribution in [3.63, 3.8) is 0 Å². The van der Waals surface area contributed by atoms with Crippen LogP contribution in [-0.4, -0.2) is 35.3 Å². The summed E-state index contributed by atoms with van der Waals surface area (Å²) < 4.78 is 60.3. The van der Waals surface area contributed by atoms with Crippen LogP contribution in [0.3, 0.4) is 0 Å². The van der Waals surface area contributed by atoms with Gasteiger partial charge in [0.2, 0.25) is 11.8 Å². The minimum absolute atomic E-state index is 0.152. The summed E-state index contributed by atoms with van der Waals surface area (Å²) in [5, 5.41) is 0. The van der Waals surface area contributed by atoms with Gasteiger partial charge in [-0.2, -0.15) is 18.2 Å². The molecule has 170 valence electrons. The normalized spacial score (nSPS) is 12.6. The Balaban J connectivity index is 0.00000141. The van der Waals surface area contributed by atoms with Gasteiger partial charge in [-0.05, 0) is 23.8 Å². The molecule has 7 nitrogen and oxygen atoms in total. The highest BCUT2D eigenvalue weighted by molar-refractivity contribution is 5.44. The van der Waals surface area contributed by atoms with Crippen molar-refractivity contribution < 1.29 is 27.0 Å². The number of rotatable bonds is 5. The van der Waals surface area contributed by atoms with Crippen molar-refractivity contribution in [1.29, 1.82) is 0 Å². The Hall–Kier alpha value is -3.63. The van der Waals surface area contributed by atoms with Crippen molar-refractivity contribution >= 4 is 5.82 Å². The van der Waals surface area contributed by atoms with Crippen LogP contribution in [0.1, 0.15) is 11.3 Å². The van der Waals surface area contributed by atoms with E-state index in [1.54, 1.807) is 34.9 Å². The van der Waals surface area contributed by atoms with Crippen molar-refractivity contribution in [2.24, 2.45) is 0 Å². The summed E-state index contributed by atoms with van der Waals surface area (Å²) in [5.41, 5.74) is -0.604. The molecule has 2 aromatic heterocycles. The molecule has 3 aromatic rings. The largest absolute Gasteiger partial charge is 0.473 e. The second-order valence-corrected chi connectivity index (χ2v) is 6.70.